The van der Waals surface area contributed by atoms with E-state index in [9.17, 15) is 19.2 Å². The Kier molecular flexibility index (Phi) is 14.0. The maximum atomic E-state index is 12.4. The van der Waals surface area contributed by atoms with E-state index in [1.54, 1.807) is 34.6 Å². The molecule has 12 heteroatoms. The third kappa shape index (κ3) is 13.7. The van der Waals surface area contributed by atoms with Gasteiger partial charge in [0.15, 0.2) is 11.5 Å². The first-order valence-electron chi connectivity index (χ1n) is 12.4. The van der Waals surface area contributed by atoms with E-state index in [-0.39, 0.29) is 31.1 Å². The molecule has 1 rings (SSSR count). The monoisotopic (exact) mass is 541 g/mol. The van der Waals surface area contributed by atoms with Crippen molar-refractivity contribution in [1.29, 1.82) is 0 Å². The molecule has 1 aromatic carbocycles. The van der Waals surface area contributed by atoms with E-state index >= 15 is 0 Å². The first kappa shape index (κ1) is 32.5. The molecule has 0 spiro atoms. The van der Waals surface area contributed by atoms with Gasteiger partial charge in [-0.3, -0.25) is 4.79 Å². The lowest BCUT2D eigenvalue weighted by Gasteiger charge is -2.17. The van der Waals surface area contributed by atoms with Crippen molar-refractivity contribution >= 4 is 24.4 Å². The standard InChI is InChI=1S/C26H39NO11/c1-15(2)10-11-32-24(29)36-18(7)14-33-23(28)20(27)12-19-8-9-21(37-25(30)34-16(3)4)22(13-19)38-26(31)35-17(5)6/h8-9,13,15-18,20H,10-12,14,27H2,1-7H3/t18-,20-/m0/s1. The Morgan fingerprint density at radius 2 is 1.34 bits per heavy atom. The zero-order valence-electron chi connectivity index (χ0n) is 23.0. The van der Waals surface area contributed by atoms with Gasteiger partial charge in [0, 0.05) is 0 Å². The van der Waals surface area contributed by atoms with Gasteiger partial charge >= 0.3 is 24.4 Å². The van der Waals surface area contributed by atoms with E-state index in [2.05, 4.69) is 0 Å². The van der Waals surface area contributed by atoms with Gasteiger partial charge in [0.25, 0.3) is 0 Å². The molecular formula is C26H39NO11. The van der Waals surface area contributed by atoms with Crippen molar-refractivity contribution in [1.82, 2.24) is 0 Å². The molecule has 1 aromatic rings. The van der Waals surface area contributed by atoms with Crippen LogP contribution in [0.2, 0.25) is 0 Å². The van der Waals surface area contributed by atoms with Crippen molar-refractivity contribution in [2.24, 2.45) is 11.7 Å². The van der Waals surface area contributed by atoms with E-state index < -0.39 is 48.8 Å². The van der Waals surface area contributed by atoms with E-state index in [0.29, 0.717) is 17.9 Å². The Morgan fingerprint density at radius 1 is 0.763 bits per heavy atom. The van der Waals surface area contributed by atoms with Crippen molar-refractivity contribution in [3.05, 3.63) is 23.8 Å². The predicted octanol–water partition coefficient (Wildman–Crippen LogP) is 4.54. The van der Waals surface area contributed by atoms with Gasteiger partial charge in [-0.15, -0.1) is 0 Å². The minimum absolute atomic E-state index is 0.00236. The first-order chi connectivity index (χ1) is 17.8. The fourth-order valence-electron chi connectivity index (χ4n) is 2.71. The lowest BCUT2D eigenvalue weighted by atomic mass is 10.1. The lowest BCUT2D eigenvalue weighted by Crippen LogP contribution is -2.36. The highest BCUT2D eigenvalue weighted by atomic mass is 16.8. The highest BCUT2D eigenvalue weighted by Gasteiger charge is 2.22. The predicted molar refractivity (Wildman–Crippen MR) is 135 cm³/mol. The SMILES string of the molecule is CC(C)CCOC(=O)O[C@@H](C)COC(=O)[C@@H](N)Cc1ccc(OC(=O)OC(C)C)c(OC(=O)OC(C)C)c1. The minimum Gasteiger partial charge on any atom is -0.461 e. The van der Waals surface area contributed by atoms with Crippen LogP contribution < -0.4 is 15.2 Å². The largest absolute Gasteiger partial charge is 0.514 e. The van der Waals surface area contributed by atoms with E-state index in [1.807, 2.05) is 13.8 Å². The van der Waals surface area contributed by atoms with Crippen molar-refractivity contribution in [2.75, 3.05) is 13.2 Å². The van der Waals surface area contributed by atoms with Crippen LogP contribution in [-0.2, 0) is 34.9 Å². The third-order valence-corrected chi connectivity index (χ3v) is 4.49. The van der Waals surface area contributed by atoms with Gasteiger partial charge in [0.05, 0.1) is 18.8 Å². The summed E-state index contributed by atoms with van der Waals surface area (Å²) in [7, 11) is 0. The van der Waals surface area contributed by atoms with Crippen LogP contribution in [0.5, 0.6) is 11.5 Å². The van der Waals surface area contributed by atoms with Crippen molar-refractivity contribution in [3.63, 3.8) is 0 Å². The number of hydrogen-bond donors (Lipinski definition) is 1. The highest BCUT2D eigenvalue weighted by Crippen LogP contribution is 2.30. The summed E-state index contributed by atoms with van der Waals surface area (Å²) in [4.78, 5) is 48.0. The molecular weight excluding hydrogens is 502 g/mol. The number of esters is 1. The second kappa shape index (κ2) is 16.3. The molecule has 0 aliphatic heterocycles. The molecule has 214 valence electrons. The van der Waals surface area contributed by atoms with Gasteiger partial charge in [0.1, 0.15) is 18.8 Å². The van der Waals surface area contributed by atoms with Gasteiger partial charge in [-0.1, -0.05) is 19.9 Å². The number of carbonyl (C=O) groups is 4. The maximum absolute atomic E-state index is 12.4. The third-order valence-electron chi connectivity index (χ3n) is 4.49. The lowest BCUT2D eigenvalue weighted by molar-refractivity contribution is -0.148. The first-order valence-corrected chi connectivity index (χ1v) is 12.4. The van der Waals surface area contributed by atoms with E-state index in [1.165, 1.54) is 18.2 Å². The van der Waals surface area contributed by atoms with Crippen LogP contribution in [0, 0.1) is 5.92 Å². The topological polar surface area (TPSA) is 159 Å². The quantitative estimate of drug-likeness (QED) is 0.211. The summed E-state index contributed by atoms with van der Waals surface area (Å²) in [5.74, 6) is -0.588. The van der Waals surface area contributed by atoms with Gasteiger partial charge < -0.3 is 38.9 Å². The summed E-state index contributed by atoms with van der Waals surface area (Å²) in [5, 5.41) is 0. The van der Waals surface area contributed by atoms with Crippen molar-refractivity contribution < 1.29 is 52.3 Å². The number of hydrogen-bond acceptors (Lipinski definition) is 12. The molecule has 38 heavy (non-hydrogen) atoms. The summed E-state index contributed by atoms with van der Waals surface area (Å²) in [6, 6.07) is 3.19. The second-order valence-corrected chi connectivity index (χ2v) is 9.47. The average molecular weight is 542 g/mol. The zero-order chi connectivity index (χ0) is 28.8. The number of nitrogens with two attached hydrogens (primary N) is 1. The molecule has 0 heterocycles. The minimum atomic E-state index is -1.09. The Labute approximate surface area is 223 Å². The maximum Gasteiger partial charge on any atom is 0.514 e. The van der Waals surface area contributed by atoms with E-state index in [4.69, 9.17) is 38.9 Å². The van der Waals surface area contributed by atoms with E-state index in [0.717, 1.165) is 0 Å². The van der Waals surface area contributed by atoms with Crippen LogP contribution in [0.15, 0.2) is 18.2 Å². The molecule has 0 fully saturated rings. The number of rotatable bonds is 13. The number of carbonyl (C=O) groups excluding carboxylic acids is 4. The average Bonchev–Trinajstić information content (AvgIpc) is 2.77. The Hall–Kier alpha value is -3.54. The zero-order valence-corrected chi connectivity index (χ0v) is 23.0. The summed E-state index contributed by atoms with van der Waals surface area (Å²) >= 11 is 0. The summed E-state index contributed by atoms with van der Waals surface area (Å²) in [6.07, 6.45) is -3.77. The van der Waals surface area contributed by atoms with Crippen LogP contribution >= 0.6 is 0 Å². The molecule has 2 atom stereocenters. The number of benzene rings is 1. The van der Waals surface area contributed by atoms with Gasteiger partial charge in [-0.25, -0.2) is 14.4 Å². The molecule has 0 unspecified atom stereocenters. The van der Waals surface area contributed by atoms with Crippen molar-refractivity contribution in [2.45, 2.75) is 85.7 Å². The molecule has 0 amide bonds. The molecule has 0 bridgehead atoms. The Morgan fingerprint density at radius 3 is 1.89 bits per heavy atom. The molecule has 12 nitrogen and oxygen atoms in total. The fraction of sp³-hybridized carbons (Fsp3) is 0.615. The highest BCUT2D eigenvalue weighted by molar-refractivity contribution is 5.76. The van der Waals surface area contributed by atoms with Crippen LogP contribution in [0.1, 0.15) is 60.5 Å². The van der Waals surface area contributed by atoms with Crippen LogP contribution in [0.3, 0.4) is 0 Å². The molecule has 0 aliphatic carbocycles. The van der Waals surface area contributed by atoms with Crippen molar-refractivity contribution in [3.8, 4) is 11.5 Å². The van der Waals surface area contributed by atoms with Gasteiger partial charge in [-0.05, 0) is 71.1 Å². The summed E-state index contributed by atoms with van der Waals surface area (Å²) < 4.78 is 35.4. The van der Waals surface area contributed by atoms with Crippen LogP contribution in [0.4, 0.5) is 14.4 Å². The molecule has 0 radical (unpaired) electrons. The van der Waals surface area contributed by atoms with Gasteiger partial charge in [0.2, 0.25) is 0 Å². The number of ether oxygens (including phenoxy) is 7. The Bertz CT molecular complexity index is 930. The van der Waals surface area contributed by atoms with Gasteiger partial charge in [-0.2, -0.15) is 0 Å². The molecule has 0 saturated heterocycles. The second-order valence-electron chi connectivity index (χ2n) is 9.47. The molecule has 0 aromatic heterocycles. The van der Waals surface area contributed by atoms with Crippen LogP contribution in [0.25, 0.3) is 0 Å². The summed E-state index contributed by atoms with van der Waals surface area (Å²) in [6.45, 7) is 12.1. The smallest absolute Gasteiger partial charge is 0.461 e. The molecule has 0 aliphatic rings. The summed E-state index contributed by atoms with van der Waals surface area (Å²) in [5.41, 5.74) is 6.45. The molecule has 0 saturated carbocycles. The molecule has 2 N–H and O–H groups in total. The fourth-order valence-corrected chi connectivity index (χ4v) is 2.71. The van der Waals surface area contributed by atoms with Crippen LogP contribution in [-0.4, -0.2) is 62.0 Å². The normalized spacial score (nSPS) is 12.5. The Balaban J connectivity index is 2.76.